The largest absolute Gasteiger partial charge is 0.324 e. The first kappa shape index (κ1) is 12.7. The van der Waals surface area contributed by atoms with Crippen LogP contribution in [0, 0.1) is 0 Å². The van der Waals surface area contributed by atoms with E-state index >= 15 is 0 Å². The number of benzene rings is 1. The lowest BCUT2D eigenvalue weighted by molar-refractivity contribution is -0.119. The van der Waals surface area contributed by atoms with Gasteiger partial charge in [0.25, 0.3) is 0 Å². The summed E-state index contributed by atoms with van der Waals surface area (Å²) >= 11 is 0. The third-order valence-electron chi connectivity index (χ3n) is 2.54. The van der Waals surface area contributed by atoms with Crippen LogP contribution >= 0.6 is 0 Å². The van der Waals surface area contributed by atoms with Gasteiger partial charge in [-0.2, -0.15) is 0 Å². The number of hydrogen-bond donors (Lipinski definition) is 1. The van der Waals surface area contributed by atoms with Crippen molar-refractivity contribution in [3.8, 4) is 0 Å². The fourth-order valence-electron chi connectivity index (χ4n) is 1.61. The van der Waals surface area contributed by atoms with Crippen molar-refractivity contribution in [2.24, 2.45) is 5.73 Å². The van der Waals surface area contributed by atoms with Gasteiger partial charge in [-0.15, -0.1) is 6.58 Å². The Morgan fingerprint density at radius 1 is 1.38 bits per heavy atom. The lowest BCUT2D eigenvalue weighted by Gasteiger charge is -2.10. The predicted octanol–water partition coefficient (Wildman–Crippen LogP) is 3.00. The number of carbonyl (C=O) groups is 1. The molecule has 0 bridgehead atoms. The number of unbranched alkanes of at least 4 members (excludes halogenated alkanes) is 1. The summed E-state index contributed by atoms with van der Waals surface area (Å²) in [7, 11) is 0. The van der Waals surface area contributed by atoms with Gasteiger partial charge in [-0.1, -0.05) is 36.4 Å². The van der Waals surface area contributed by atoms with E-state index in [1.165, 1.54) is 0 Å². The van der Waals surface area contributed by atoms with Crippen molar-refractivity contribution in [1.82, 2.24) is 0 Å². The fraction of sp³-hybridized carbons (Fsp3) is 0.357. The third-order valence-corrected chi connectivity index (χ3v) is 2.54. The first-order valence-corrected chi connectivity index (χ1v) is 5.67. The van der Waals surface area contributed by atoms with E-state index < -0.39 is 0 Å². The van der Waals surface area contributed by atoms with Crippen LogP contribution in [0.15, 0.2) is 43.0 Å². The molecule has 1 rings (SSSR count). The van der Waals surface area contributed by atoms with Gasteiger partial charge in [0.15, 0.2) is 0 Å². The number of rotatable bonds is 7. The Labute approximate surface area is 97.2 Å². The maximum absolute atomic E-state index is 11.6. The molecule has 0 saturated carbocycles. The summed E-state index contributed by atoms with van der Waals surface area (Å²) in [5.41, 5.74) is 6.99. The van der Waals surface area contributed by atoms with Crippen LogP contribution in [0.3, 0.4) is 0 Å². The quantitative estimate of drug-likeness (QED) is 0.563. The molecule has 0 aromatic heterocycles. The second-order valence-corrected chi connectivity index (χ2v) is 3.94. The number of nitrogens with two attached hydrogens (primary N) is 1. The van der Waals surface area contributed by atoms with E-state index in [9.17, 15) is 4.79 Å². The van der Waals surface area contributed by atoms with E-state index in [-0.39, 0.29) is 11.8 Å². The van der Waals surface area contributed by atoms with Crippen molar-refractivity contribution < 1.29 is 4.79 Å². The van der Waals surface area contributed by atoms with E-state index in [0.29, 0.717) is 12.8 Å². The fourth-order valence-corrected chi connectivity index (χ4v) is 1.61. The second kappa shape index (κ2) is 6.96. The Bertz CT molecular complexity index is 332. The summed E-state index contributed by atoms with van der Waals surface area (Å²) in [6.45, 7) is 3.63. The van der Waals surface area contributed by atoms with Crippen LogP contribution in [0.4, 0.5) is 0 Å². The maximum atomic E-state index is 11.6. The molecule has 0 saturated heterocycles. The molecule has 1 atom stereocenters. The van der Waals surface area contributed by atoms with Crippen LogP contribution in [0.25, 0.3) is 0 Å². The molecule has 0 radical (unpaired) electrons. The minimum absolute atomic E-state index is 0.169. The molecule has 0 fully saturated rings. The molecule has 0 aliphatic carbocycles. The van der Waals surface area contributed by atoms with Crippen molar-refractivity contribution in [1.29, 1.82) is 0 Å². The van der Waals surface area contributed by atoms with Crippen molar-refractivity contribution in [2.45, 2.75) is 31.7 Å². The van der Waals surface area contributed by atoms with Crippen LogP contribution in [0.1, 0.15) is 37.3 Å². The summed E-state index contributed by atoms with van der Waals surface area (Å²) in [6.07, 6.45) is 4.65. The summed E-state index contributed by atoms with van der Waals surface area (Å²) in [4.78, 5) is 11.6. The zero-order valence-electron chi connectivity index (χ0n) is 9.56. The van der Waals surface area contributed by atoms with Gasteiger partial charge in [-0.3, -0.25) is 4.79 Å². The molecule has 0 aliphatic rings. The van der Waals surface area contributed by atoms with Gasteiger partial charge in [-0.25, -0.2) is 0 Å². The molecule has 0 aliphatic heterocycles. The maximum Gasteiger partial charge on any atom is 0.134 e. The average molecular weight is 217 g/mol. The van der Waals surface area contributed by atoms with Gasteiger partial charge in [0, 0.05) is 18.9 Å². The number of allylic oxidation sites excluding steroid dienone is 1. The monoisotopic (exact) mass is 217 g/mol. The minimum atomic E-state index is -0.169. The van der Waals surface area contributed by atoms with Crippen molar-refractivity contribution in [3.63, 3.8) is 0 Å². The molecular weight excluding hydrogens is 198 g/mol. The third kappa shape index (κ3) is 4.41. The molecule has 1 aromatic rings. The van der Waals surface area contributed by atoms with E-state index in [4.69, 9.17) is 5.73 Å². The summed E-state index contributed by atoms with van der Waals surface area (Å²) < 4.78 is 0. The SMILES string of the molecule is C=CCCCC(=O)CC(N)c1ccccc1. The molecule has 2 nitrogen and oxygen atoms in total. The van der Waals surface area contributed by atoms with E-state index in [2.05, 4.69) is 6.58 Å². The summed E-state index contributed by atoms with van der Waals surface area (Å²) in [5, 5.41) is 0. The number of hydrogen-bond acceptors (Lipinski definition) is 2. The normalized spacial score (nSPS) is 12.1. The summed E-state index contributed by atoms with van der Waals surface area (Å²) in [6, 6.07) is 9.58. The Hall–Kier alpha value is -1.41. The molecule has 2 N–H and O–H groups in total. The highest BCUT2D eigenvalue weighted by Crippen LogP contribution is 2.15. The molecule has 0 spiro atoms. The molecule has 1 unspecified atom stereocenters. The Balaban J connectivity index is 2.36. The smallest absolute Gasteiger partial charge is 0.134 e. The van der Waals surface area contributed by atoms with Gasteiger partial charge in [-0.05, 0) is 18.4 Å². The van der Waals surface area contributed by atoms with Gasteiger partial charge >= 0.3 is 0 Å². The summed E-state index contributed by atoms with van der Waals surface area (Å²) in [5.74, 6) is 0.234. The number of carbonyl (C=O) groups excluding carboxylic acids is 1. The van der Waals surface area contributed by atoms with E-state index in [0.717, 1.165) is 18.4 Å². The van der Waals surface area contributed by atoms with Crippen molar-refractivity contribution >= 4 is 5.78 Å². The van der Waals surface area contributed by atoms with E-state index in [1.54, 1.807) is 0 Å². The van der Waals surface area contributed by atoms with Crippen LogP contribution in [-0.4, -0.2) is 5.78 Å². The Kier molecular flexibility index (Phi) is 5.51. The molecule has 86 valence electrons. The first-order chi connectivity index (χ1) is 7.74. The minimum Gasteiger partial charge on any atom is -0.324 e. The van der Waals surface area contributed by atoms with Crippen molar-refractivity contribution in [2.75, 3.05) is 0 Å². The number of ketones is 1. The van der Waals surface area contributed by atoms with Gasteiger partial charge in [0.1, 0.15) is 5.78 Å². The second-order valence-electron chi connectivity index (χ2n) is 3.94. The van der Waals surface area contributed by atoms with Crippen molar-refractivity contribution in [3.05, 3.63) is 48.6 Å². The van der Waals surface area contributed by atoms with Gasteiger partial charge in [0.05, 0.1) is 0 Å². The molecule has 2 heteroatoms. The van der Waals surface area contributed by atoms with Crippen LogP contribution in [-0.2, 0) is 4.79 Å². The lowest BCUT2D eigenvalue weighted by atomic mass is 10.00. The topological polar surface area (TPSA) is 43.1 Å². The zero-order valence-corrected chi connectivity index (χ0v) is 9.56. The van der Waals surface area contributed by atoms with Gasteiger partial charge in [0.2, 0.25) is 0 Å². The van der Waals surface area contributed by atoms with Crippen LogP contribution in [0.5, 0.6) is 0 Å². The molecule has 16 heavy (non-hydrogen) atoms. The zero-order chi connectivity index (χ0) is 11.8. The highest BCUT2D eigenvalue weighted by molar-refractivity contribution is 5.79. The van der Waals surface area contributed by atoms with Crippen LogP contribution in [0.2, 0.25) is 0 Å². The lowest BCUT2D eigenvalue weighted by Crippen LogP contribution is -2.15. The van der Waals surface area contributed by atoms with Gasteiger partial charge < -0.3 is 5.73 Å². The molecule has 1 aromatic carbocycles. The molecule has 0 amide bonds. The molecular formula is C14H19NO. The Morgan fingerprint density at radius 3 is 2.69 bits per heavy atom. The highest BCUT2D eigenvalue weighted by Gasteiger charge is 2.10. The highest BCUT2D eigenvalue weighted by atomic mass is 16.1. The average Bonchev–Trinajstić information content (AvgIpc) is 2.30. The number of Topliss-reactive ketones (excluding diaryl/α,β-unsaturated/α-hetero) is 1. The van der Waals surface area contributed by atoms with Crippen LogP contribution < -0.4 is 5.73 Å². The first-order valence-electron chi connectivity index (χ1n) is 5.67. The Morgan fingerprint density at radius 2 is 2.06 bits per heavy atom. The molecule has 0 heterocycles. The van der Waals surface area contributed by atoms with E-state index in [1.807, 2.05) is 36.4 Å². The predicted molar refractivity (Wildman–Crippen MR) is 67.0 cm³/mol. The standard InChI is InChI=1S/C14H19NO/c1-2-3-5-10-13(16)11-14(15)12-8-6-4-7-9-12/h2,4,6-9,14H,1,3,5,10-11,15H2.